The van der Waals surface area contributed by atoms with Crippen LogP contribution in [0.5, 0.6) is 0 Å². The highest BCUT2D eigenvalue weighted by molar-refractivity contribution is 5.68. The molecule has 0 aromatic heterocycles. The molecule has 22 heavy (non-hydrogen) atoms. The van der Waals surface area contributed by atoms with Crippen molar-refractivity contribution in [3.05, 3.63) is 0 Å². The van der Waals surface area contributed by atoms with Crippen molar-refractivity contribution in [2.24, 2.45) is 5.92 Å². The third-order valence-electron chi connectivity index (χ3n) is 4.42. The number of carbonyl (C=O) groups excluding carboxylic acids is 1. The summed E-state index contributed by atoms with van der Waals surface area (Å²) in [6.45, 7) is 10.7. The summed E-state index contributed by atoms with van der Waals surface area (Å²) in [4.78, 5) is 14.2. The number of hydrogen-bond acceptors (Lipinski definition) is 4. The number of rotatable bonds is 3. The fourth-order valence-corrected chi connectivity index (χ4v) is 3.23. The van der Waals surface area contributed by atoms with Crippen LogP contribution in [-0.4, -0.2) is 55.4 Å². The lowest BCUT2D eigenvalue weighted by Gasteiger charge is -2.30. The van der Waals surface area contributed by atoms with Gasteiger partial charge < -0.3 is 20.3 Å². The van der Waals surface area contributed by atoms with E-state index < -0.39 is 5.60 Å². The van der Waals surface area contributed by atoms with Crippen molar-refractivity contribution in [2.75, 3.05) is 32.7 Å². The summed E-state index contributed by atoms with van der Waals surface area (Å²) in [5, 5.41) is 7.15. The lowest BCUT2D eigenvalue weighted by atomic mass is 9.99. The van der Waals surface area contributed by atoms with Gasteiger partial charge in [0, 0.05) is 19.1 Å². The van der Waals surface area contributed by atoms with Crippen molar-refractivity contribution in [1.82, 2.24) is 15.5 Å². The van der Waals surface area contributed by atoms with Gasteiger partial charge in [-0.3, -0.25) is 0 Å². The first-order valence-corrected chi connectivity index (χ1v) is 8.86. The van der Waals surface area contributed by atoms with E-state index in [1.165, 1.54) is 19.3 Å². The Labute approximate surface area is 135 Å². The molecule has 2 fully saturated rings. The van der Waals surface area contributed by atoms with Crippen molar-refractivity contribution >= 4 is 6.09 Å². The maximum Gasteiger partial charge on any atom is 0.410 e. The number of ether oxygens (including phenoxy) is 1. The van der Waals surface area contributed by atoms with E-state index >= 15 is 0 Å². The van der Waals surface area contributed by atoms with E-state index in [0.717, 1.165) is 51.5 Å². The summed E-state index contributed by atoms with van der Waals surface area (Å²) in [5.41, 5.74) is -0.417. The second-order valence-electron chi connectivity index (χ2n) is 7.74. The molecule has 2 heterocycles. The van der Waals surface area contributed by atoms with Gasteiger partial charge in [-0.1, -0.05) is 6.42 Å². The Kier molecular flexibility index (Phi) is 6.50. The monoisotopic (exact) mass is 311 g/mol. The molecule has 128 valence electrons. The largest absolute Gasteiger partial charge is 0.444 e. The predicted molar refractivity (Wildman–Crippen MR) is 89.0 cm³/mol. The molecule has 2 unspecified atom stereocenters. The summed E-state index contributed by atoms with van der Waals surface area (Å²) >= 11 is 0. The number of piperidine rings is 1. The zero-order valence-electron chi connectivity index (χ0n) is 14.5. The van der Waals surface area contributed by atoms with E-state index in [9.17, 15) is 4.79 Å². The normalized spacial score (nSPS) is 27.3. The van der Waals surface area contributed by atoms with E-state index in [1.54, 1.807) is 0 Å². The SMILES string of the molecule is CC(C)(C)OC(=O)N1CCCCC(NCC2CCCNC2)C1. The molecule has 2 aliphatic rings. The Morgan fingerprint density at radius 2 is 2.09 bits per heavy atom. The standard InChI is InChI=1S/C17H33N3O2/c1-17(2,3)22-16(21)20-10-5-4-8-15(13-20)19-12-14-7-6-9-18-11-14/h14-15,18-19H,4-13H2,1-3H3. The first-order valence-electron chi connectivity index (χ1n) is 8.86. The van der Waals surface area contributed by atoms with Crippen LogP contribution in [0, 0.1) is 5.92 Å². The van der Waals surface area contributed by atoms with E-state index in [0.29, 0.717) is 6.04 Å². The highest BCUT2D eigenvalue weighted by atomic mass is 16.6. The van der Waals surface area contributed by atoms with Gasteiger partial charge >= 0.3 is 6.09 Å². The Bertz CT molecular complexity index is 348. The van der Waals surface area contributed by atoms with Crippen LogP contribution in [0.15, 0.2) is 0 Å². The Morgan fingerprint density at radius 3 is 2.77 bits per heavy atom. The van der Waals surface area contributed by atoms with Gasteiger partial charge in [0.05, 0.1) is 0 Å². The van der Waals surface area contributed by atoms with E-state index in [1.807, 2.05) is 25.7 Å². The van der Waals surface area contributed by atoms with Gasteiger partial charge in [-0.05, 0) is 72.0 Å². The van der Waals surface area contributed by atoms with Crippen LogP contribution in [-0.2, 0) is 4.74 Å². The predicted octanol–water partition coefficient (Wildman–Crippen LogP) is 2.37. The maximum absolute atomic E-state index is 12.3. The van der Waals surface area contributed by atoms with Crippen LogP contribution in [0.2, 0.25) is 0 Å². The summed E-state index contributed by atoms with van der Waals surface area (Å²) < 4.78 is 5.52. The zero-order valence-corrected chi connectivity index (χ0v) is 14.5. The second kappa shape index (κ2) is 8.16. The van der Waals surface area contributed by atoms with Gasteiger partial charge in [-0.15, -0.1) is 0 Å². The number of hydrogen-bond donors (Lipinski definition) is 2. The molecule has 0 aromatic carbocycles. The minimum atomic E-state index is -0.417. The molecule has 0 spiro atoms. The summed E-state index contributed by atoms with van der Waals surface area (Å²) in [6, 6.07) is 0.400. The third kappa shape index (κ3) is 6.13. The van der Waals surface area contributed by atoms with Gasteiger partial charge in [0.1, 0.15) is 5.60 Å². The topological polar surface area (TPSA) is 53.6 Å². The quantitative estimate of drug-likeness (QED) is 0.840. The maximum atomic E-state index is 12.3. The van der Waals surface area contributed by atoms with E-state index in [4.69, 9.17) is 4.74 Å². The molecular weight excluding hydrogens is 278 g/mol. The van der Waals surface area contributed by atoms with Crippen molar-refractivity contribution in [3.8, 4) is 0 Å². The molecule has 0 saturated carbocycles. The molecule has 5 nitrogen and oxygen atoms in total. The summed E-state index contributed by atoms with van der Waals surface area (Å²) in [6.07, 6.45) is 5.83. The number of nitrogens with one attached hydrogen (secondary N) is 2. The molecule has 0 aromatic rings. The number of nitrogens with zero attached hydrogens (tertiary/aromatic N) is 1. The molecule has 0 bridgehead atoms. The van der Waals surface area contributed by atoms with Crippen molar-refractivity contribution in [1.29, 1.82) is 0 Å². The smallest absolute Gasteiger partial charge is 0.410 e. The number of amides is 1. The summed E-state index contributed by atoms with van der Waals surface area (Å²) in [5.74, 6) is 0.729. The van der Waals surface area contributed by atoms with E-state index in [2.05, 4.69) is 10.6 Å². The first-order chi connectivity index (χ1) is 10.4. The Hall–Kier alpha value is -0.810. The average molecular weight is 311 g/mol. The van der Waals surface area contributed by atoms with Gasteiger partial charge in [-0.2, -0.15) is 0 Å². The third-order valence-corrected chi connectivity index (χ3v) is 4.42. The van der Waals surface area contributed by atoms with Crippen LogP contribution in [0.1, 0.15) is 52.9 Å². The van der Waals surface area contributed by atoms with Crippen molar-refractivity contribution in [2.45, 2.75) is 64.5 Å². The van der Waals surface area contributed by atoms with Crippen LogP contribution in [0.25, 0.3) is 0 Å². The Balaban J connectivity index is 1.80. The summed E-state index contributed by atoms with van der Waals surface area (Å²) in [7, 11) is 0. The molecule has 2 atom stereocenters. The highest BCUT2D eigenvalue weighted by Gasteiger charge is 2.26. The van der Waals surface area contributed by atoms with Gasteiger partial charge in [0.25, 0.3) is 0 Å². The van der Waals surface area contributed by atoms with Crippen molar-refractivity contribution in [3.63, 3.8) is 0 Å². The van der Waals surface area contributed by atoms with Gasteiger partial charge in [-0.25, -0.2) is 4.79 Å². The van der Waals surface area contributed by atoms with Crippen molar-refractivity contribution < 1.29 is 9.53 Å². The minimum Gasteiger partial charge on any atom is -0.444 e. The van der Waals surface area contributed by atoms with Gasteiger partial charge in [0.2, 0.25) is 0 Å². The number of likely N-dealkylation sites (tertiary alicyclic amines) is 1. The molecule has 2 aliphatic heterocycles. The molecule has 5 heteroatoms. The Morgan fingerprint density at radius 1 is 1.27 bits per heavy atom. The van der Waals surface area contributed by atoms with E-state index in [-0.39, 0.29) is 6.09 Å². The molecule has 1 amide bonds. The lowest BCUT2D eigenvalue weighted by molar-refractivity contribution is 0.0243. The first kappa shape index (κ1) is 17.5. The average Bonchev–Trinajstić information content (AvgIpc) is 2.70. The fourth-order valence-electron chi connectivity index (χ4n) is 3.23. The minimum absolute atomic E-state index is 0.166. The number of carbonyl (C=O) groups is 1. The molecule has 2 rings (SSSR count). The van der Waals surface area contributed by atoms with Crippen LogP contribution in [0.4, 0.5) is 4.79 Å². The molecule has 2 N–H and O–H groups in total. The zero-order chi connectivity index (χ0) is 16.0. The van der Waals surface area contributed by atoms with Crippen LogP contribution >= 0.6 is 0 Å². The molecule has 2 saturated heterocycles. The molecule has 0 aliphatic carbocycles. The second-order valence-corrected chi connectivity index (χ2v) is 7.74. The van der Waals surface area contributed by atoms with Crippen LogP contribution < -0.4 is 10.6 Å². The lowest BCUT2D eigenvalue weighted by Crippen LogP contribution is -2.46. The van der Waals surface area contributed by atoms with Crippen LogP contribution in [0.3, 0.4) is 0 Å². The van der Waals surface area contributed by atoms with Gasteiger partial charge in [0.15, 0.2) is 0 Å². The molecular formula is C17H33N3O2. The molecule has 0 radical (unpaired) electrons. The highest BCUT2D eigenvalue weighted by Crippen LogP contribution is 2.16. The fraction of sp³-hybridized carbons (Fsp3) is 0.941.